The van der Waals surface area contributed by atoms with Crippen LogP contribution >= 0.6 is 23.3 Å². The molecule has 1 aromatic heterocycles. The molecule has 0 aliphatic heterocycles. The van der Waals surface area contributed by atoms with Crippen molar-refractivity contribution in [3.8, 4) is 0 Å². The van der Waals surface area contributed by atoms with Crippen molar-refractivity contribution in [3.05, 3.63) is 35.7 Å². The van der Waals surface area contributed by atoms with E-state index in [4.69, 9.17) is 0 Å². The minimum atomic E-state index is -0.461. The monoisotopic (exact) mass is 266 g/mol. The molecular weight excluding hydrogens is 252 g/mol. The van der Waals surface area contributed by atoms with Crippen LogP contribution in [0.25, 0.3) is 0 Å². The van der Waals surface area contributed by atoms with Crippen molar-refractivity contribution in [2.45, 2.75) is 35.6 Å². The second-order valence-corrected chi connectivity index (χ2v) is 5.69. The van der Waals surface area contributed by atoms with Crippen molar-refractivity contribution in [2.24, 2.45) is 0 Å². The second-order valence-electron chi connectivity index (χ2n) is 3.65. The maximum absolute atomic E-state index is 9.69. The van der Waals surface area contributed by atoms with Gasteiger partial charge in [-0.2, -0.15) is 4.37 Å². The quantitative estimate of drug-likeness (QED) is 0.922. The Morgan fingerprint density at radius 1 is 1.41 bits per heavy atom. The van der Waals surface area contributed by atoms with Gasteiger partial charge in [0.2, 0.25) is 0 Å². The van der Waals surface area contributed by atoms with Gasteiger partial charge in [-0.15, -0.1) is 0 Å². The van der Waals surface area contributed by atoms with E-state index in [1.54, 1.807) is 18.7 Å². The van der Waals surface area contributed by atoms with Crippen molar-refractivity contribution in [1.82, 2.24) is 9.36 Å². The Hall–Kier alpha value is -0.910. The van der Waals surface area contributed by atoms with Crippen LogP contribution in [-0.4, -0.2) is 14.5 Å². The molecule has 2 aromatic rings. The molecule has 90 valence electrons. The number of aliphatic hydroxyl groups excluding tert-OH is 1. The Balaban J connectivity index is 2.23. The number of rotatable bonds is 4. The number of hydrogen-bond acceptors (Lipinski definition) is 5. The molecule has 0 fully saturated rings. The van der Waals surface area contributed by atoms with Crippen LogP contribution in [0.2, 0.25) is 0 Å². The lowest BCUT2D eigenvalue weighted by molar-refractivity contribution is 0.196. The summed E-state index contributed by atoms with van der Waals surface area (Å²) in [4.78, 5) is 5.46. The molecule has 2 rings (SSSR count). The Morgan fingerprint density at radius 3 is 2.82 bits per heavy atom. The highest BCUT2D eigenvalue weighted by molar-refractivity contribution is 8.01. The third-order valence-corrected chi connectivity index (χ3v) is 4.21. The molecule has 17 heavy (non-hydrogen) atoms. The highest BCUT2D eigenvalue weighted by Crippen LogP contribution is 2.33. The van der Waals surface area contributed by atoms with Crippen LogP contribution in [-0.2, 0) is 6.42 Å². The molecule has 1 N–H and O–H groups in total. The standard InChI is InChI=1S/C12H14N2OS2/c1-3-11-13-12(17-14-11)16-10-7-5-4-6-9(10)8(2)15/h4-8,15H,3H2,1-2H3/t8-/m0/s1. The molecule has 3 nitrogen and oxygen atoms in total. The smallest absolute Gasteiger partial charge is 0.174 e. The van der Waals surface area contributed by atoms with E-state index < -0.39 is 6.10 Å². The zero-order valence-electron chi connectivity index (χ0n) is 9.75. The van der Waals surface area contributed by atoms with Gasteiger partial charge in [0, 0.05) is 11.3 Å². The summed E-state index contributed by atoms with van der Waals surface area (Å²) < 4.78 is 5.18. The van der Waals surface area contributed by atoms with Crippen LogP contribution in [0.3, 0.4) is 0 Å². The van der Waals surface area contributed by atoms with Gasteiger partial charge in [0.15, 0.2) is 4.34 Å². The van der Waals surface area contributed by atoms with Crippen LogP contribution in [0.4, 0.5) is 0 Å². The van der Waals surface area contributed by atoms with E-state index in [-0.39, 0.29) is 0 Å². The third-order valence-electron chi connectivity index (χ3n) is 2.33. The average molecular weight is 266 g/mol. The predicted molar refractivity (Wildman–Crippen MR) is 70.5 cm³/mol. The molecule has 0 spiro atoms. The summed E-state index contributed by atoms with van der Waals surface area (Å²) in [6.07, 6.45) is 0.395. The Morgan fingerprint density at radius 2 is 2.18 bits per heavy atom. The topological polar surface area (TPSA) is 46.0 Å². The van der Waals surface area contributed by atoms with E-state index in [0.29, 0.717) is 0 Å². The van der Waals surface area contributed by atoms with E-state index in [2.05, 4.69) is 9.36 Å². The van der Waals surface area contributed by atoms with E-state index >= 15 is 0 Å². The maximum atomic E-state index is 9.69. The van der Waals surface area contributed by atoms with Gasteiger partial charge in [-0.3, -0.25) is 0 Å². The van der Waals surface area contributed by atoms with Gasteiger partial charge >= 0.3 is 0 Å². The first-order valence-electron chi connectivity index (χ1n) is 5.48. The summed E-state index contributed by atoms with van der Waals surface area (Å²) >= 11 is 2.97. The zero-order valence-corrected chi connectivity index (χ0v) is 11.4. The molecule has 0 saturated carbocycles. The molecular formula is C12H14N2OS2. The molecule has 1 atom stereocenters. The van der Waals surface area contributed by atoms with Gasteiger partial charge in [-0.05, 0) is 30.1 Å². The van der Waals surface area contributed by atoms with E-state index in [1.807, 2.05) is 31.2 Å². The fourth-order valence-corrected chi connectivity index (χ4v) is 3.31. The first-order valence-corrected chi connectivity index (χ1v) is 7.07. The van der Waals surface area contributed by atoms with Crippen molar-refractivity contribution >= 4 is 23.3 Å². The second kappa shape index (κ2) is 5.62. The SMILES string of the molecule is CCc1nsc(Sc2ccccc2[C@H](C)O)n1. The van der Waals surface area contributed by atoms with Crippen molar-refractivity contribution in [1.29, 1.82) is 0 Å². The number of hydrogen-bond donors (Lipinski definition) is 1. The van der Waals surface area contributed by atoms with E-state index in [9.17, 15) is 5.11 Å². The van der Waals surface area contributed by atoms with Gasteiger partial charge in [-0.25, -0.2) is 4.98 Å². The Labute approximate surface area is 109 Å². The summed E-state index contributed by atoms with van der Waals surface area (Å²) in [5.74, 6) is 0.882. The largest absolute Gasteiger partial charge is 0.389 e. The highest BCUT2D eigenvalue weighted by Gasteiger charge is 2.11. The van der Waals surface area contributed by atoms with Gasteiger partial charge in [0.1, 0.15) is 5.82 Å². The lowest BCUT2D eigenvalue weighted by Gasteiger charge is -2.09. The lowest BCUT2D eigenvalue weighted by atomic mass is 10.1. The minimum absolute atomic E-state index is 0.461. The predicted octanol–water partition coefficient (Wildman–Crippen LogP) is 3.31. The fraction of sp³-hybridized carbons (Fsp3) is 0.333. The fourth-order valence-electron chi connectivity index (χ4n) is 1.44. The molecule has 0 amide bonds. The van der Waals surface area contributed by atoms with Gasteiger partial charge in [-0.1, -0.05) is 36.9 Å². The van der Waals surface area contributed by atoms with Crippen molar-refractivity contribution in [3.63, 3.8) is 0 Å². The molecule has 0 bridgehead atoms. The van der Waals surface area contributed by atoms with Crippen LogP contribution in [0, 0.1) is 0 Å². The zero-order chi connectivity index (χ0) is 12.3. The average Bonchev–Trinajstić information content (AvgIpc) is 2.77. The Kier molecular flexibility index (Phi) is 4.15. The molecule has 0 aliphatic rings. The van der Waals surface area contributed by atoms with Crippen molar-refractivity contribution in [2.75, 3.05) is 0 Å². The molecule has 0 radical (unpaired) electrons. The molecule has 1 heterocycles. The minimum Gasteiger partial charge on any atom is -0.389 e. The lowest BCUT2D eigenvalue weighted by Crippen LogP contribution is -1.93. The van der Waals surface area contributed by atoms with Crippen LogP contribution in [0.1, 0.15) is 31.3 Å². The normalized spacial score (nSPS) is 12.6. The van der Waals surface area contributed by atoms with E-state index in [1.165, 1.54) is 11.5 Å². The number of nitrogens with zero attached hydrogens (tertiary/aromatic N) is 2. The summed E-state index contributed by atoms with van der Waals surface area (Å²) in [5.41, 5.74) is 0.936. The summed E-state index contributed by atoms with van der Waals surface area (Å²) in [6.45, 7) is 3.82. The molecule has 0 unspecified atom stereocenters. The van der Waals surface area contributed by atoms with Crippen LogP contribution < -0.4 is 0 Å². The summed E-state index contributed by atoms with van der Waals surface area (Å²) in [5, 5.41) is 9.69. The number of aromatic nitrogens is 2. The Bertz CT molecular complexity index is 497. The first kappa shape index (κ1) is 12.5. The van der Waals surface area contributed by atoms with Crippen molar-refractivity contribution < 1.29 is 5.11 Å². The molecule has 0 saturated heterocycles. The summed E-state index contributed by atoms with van der Waals surface area (Å²) in [6, 6.07) is 7.84. The first-order chi connectivity index (χ1) is 8.20. The number of aliphatic hydroxyl groups is 1. The number of benzene rings is 1. The van der Waals surface area contributed by atoms with Crippen LogP contribution in [0.5, 0.6) is 0 Å². The number of aryl methyl sites for hydroxylation is 1. The van der Waals surface area contributed by atoms with Gasteiger partial charge in [0.25, 0.3) is 0 Å². The van der Waals surface area contributed by atoms with Gasteiger partial charge in [0.05, 0.1) is 6.10 Å². The van der Waals surface area contributed by atoms with Crippen LogP contribution in [0.15, 0.2) is 33.5 Å². The molecule has 5 heteroatoms. The van der Waals surface area contributed by atoms with Gasteiger partial charge < -0.3 is 5.11 Å². The molecule has 0 aliphatic carbocycles. The maximum Gasteiger partial charge on any atom is 0.174 e. The molecule has 1 aromatic carbocycles. The highest BCUT2D eigenvalue weighted by atomic mass is 32.2. The van der Waals surface area contributed by atoms with E-state index in [0.717, 1.165) is 27.0 Å². The third kappa shape index (κ3) is 3.06. The summed E-state index contributed by atoms with van der Waals surface area (Å²) in [7, 11) is 0.